The first kappa shape index (κ1) is 13.2. The van der Waals surface area contributed by atoms with Gasteiger partial charge < -0.3 is 10.4 Å². The summed E-state index contributed by atoms with van der Waals surface area (Å²) in [5.41, 5.74) is -1.06. The Labute approximate surface area is 108 Å². The molecule has 4 heteroatoms. The molecule has 2 fully saturated rings. The molecule has 0 aliphatic heterocycles. The largest absolute Gasteiger partial charge is 0.380 e. The summed E-state index contributed by atoms with van der Waals surface area (Å²) in [6, 6.07) is 0.276. The number of amides is 1. The van der Waals surface area contributed by atoms with Gasteiger partial charge in [0.15, 0.2) is 0 Å². The van der Waals surface area contributed by atoms with Crippen LogP contribution < -0.4 is 5.32 Å². The van der Waals surface area contributed by atoms with E-state index >= 15 is 0 Å². The van der Waals surface area contributed by atoms with E-state index < -0.39 is 5.60 Å². The summed E-state index contributed by atoms with van der Waals surface area (Å²) in [6.45, 7) is 0. The highest BCUT2D eigenvalue weighted by Gasteiger charge is 2.39. The lowest BCUT2D eigenvalue weighted by atomic mass is 9.93. The second kappa shape index (κ2) is 5.61. The van der Waals surface area contributed by atoms with Gasteiger partial charge in [-0.2, -0.15) is 11.8 Å². The molecule has 2 atom stereocenters. The molecular formula is C13H23NO2S. The number of hydrogen-bond acceptors (Lipinski definition) is 3. The van der Waals surface area contributed by atoms with Crippen LogP contribution in [0.5, 0.6) is 0 Å². The maximum Gasteiger partial charge on any atom is 0.252 e. The van der Waals surface area contributed by atoms with E-state index in [1.165, 1.54) is 12.8 Å². The zero-order valence-electron chi connectivity index (χ0n) is 10.6. The molecule has 0 aromatic carbocycles. The molecule has 0 heterocycles. The third-order valence-corrected chi connectivity index (χ3v) is 5.24. The highest BCUT2D eigenvalue weighted by atomic mass is 32.2. The van der Waals surface area contributed by atoms with Gasteiger partial charge in [0, 0.05) is 11.3 Å². The fourth-order valence-corrected chi connectivity index (χ4v) is 3.82. The molecule has 2 unspecified atom stereocenters. The van der Waals surface area contributed by atoms with Crippen LogP contribution in [0.1, 0.15) is 51.4 Å². The molecule has 0 saturated heterocycles. The minimum atomic E-state index is -1.06. The molecule has 0 spiro atoms. The standard InChI is InChI=1S/C13H23NO2S/c1-17-11-6-4-5-10(9-11)14-12(15)13(16)7-2-3-8-13/h10-11,16H,2-9H2,1H3,(H,14,15). The van der Waals surface area contributed by atoms with E-state index in [4.69, 9.17) is 0 Å². The lowest BCUT2D eigenvalue weighted by Gasteiger charge is -2.31. The zero-order valence-corrected chi connectivity index (χ0v) is 11.4. The van der Waals surface area contributed by atoms with Gasteiger partial charge in [-0.3, -0.25) is 4.79 Å². The minimum Gasteiger partial charge on any atom is -0.380 e. The number of rotatable bonds is 3. The van der Waals surface area contributed by atoms with Crippen molar-refractivity contribution in [2.24, 2.45) is 0 Å². The minimum absolute atomic E-state index is 0.123. The van der Waals surface area contributed by atoms with Gasteiger partial charge in [0.1, 0.15) is 5.60 Å². The highest BCUT2D eigenvalue weighted by Crippen LogP contribution is 2.31. The van der Waals surface area contributed by atoms with Crippen LogP contribution >= 0.6 is 11.8 Å². The molecule has 17 heavy (non-hydrogen) atoms. The van der Waals surface area contributed by atoms with Gasteiger partial charge in [0.2, 0.25) is 0 Å². The molecule has 98 valence electrons. The Kier molecular flexibility index (Phi) is 4.36. The van der Waals surface area contributed by atoms with E-state index in [2.05, 4.69) is 11.6 Å². The molecule has 0 radical (unpaired) electrons. The normalized spacial score (nSPS) is 32.4. The van der Waals surface area contributed by atoms with Gasteiger partial charge in [-0.05, 0) is 51.2 Å². The number of thioether (sulfide) groups is 1. The summed E-state index contributed by atoms with van der Waals surface area (Å²) in [5.74, 6) is -0.123. The quantitative estimate of drug-likeness (QED) is 0.814. The first-order valence-electron chi connectivity index (χ1n) is 6.70. The first-order chi connectivity index (χ1) is 8.14. The Morgan fingerprint density at radius 3 is 2.65 bits per heavy atom. The maximum absolute atomic E-state index is 12.1. The van der Waals surface area contributed by atoms with Crippen LogP contribution in [0, 0.1) is 0 Å². The lowest BCUT2D eigenvalue weighted by Crippen LogP contribution is -2.50. The van der Waals surface area contributed by atoms with Gasteiger partial charge in [-0.1, -0.05) is 6.42 Å². The number of nitrogens with one attached hydrogen (secondary N) is 1. The summed E-state index contributed by atoms with van der Waals surface area (Å²) >= 11 is 1.89. The topological polar surface area (TPSA) is 49.3 Å². The number of carbonyl (C=O) groups is 1. The molecular weight excluding hydrogens is 234 g/mol. The van der Waals surface area contributed by atoms with E-state index in [-0.39, 0.29) is 11.9 Å². The van der Waals surface area contributed by atoms with Crippen LogP contribution in [0.15, 0.2) is 0 Å². The number of aliphatic hydroxyl groups is 1. The predicted molar refractivity (Wildman–Crippen MR) is 71.1 cm³/mol. The third kappa shape index (κ3) is 3.16. The van der Waals surface area contributed by atoms with Crippen molar-refractivity contribution >= 4 is 17.7 Å². The maximum atomic E-state index is 12.1. The van der Waals surface area contributed by atoms with Crippen LogP contribution in [0.2, 0.25) is 0 Å². The van der Waals surface area contributed by atoms with Crippen molar-refractivity contribution in [2.45, 2.75) is 68.3 Å². The Morgan fingerprint density at radius 2 is 2.00 bits per heavy atom. The fraction of sp³-hybridized carbons (Fsp3) is 0.923. The smallest absolute Gasteiger partial charge is 0.252 e. The van der Waals surface area contributed by atoms with Crippen molar-refractivity contribution in [3.05, 3.63) is 0 Å². The molecule has 2 aliphatic carbocycles. The van der Waals surface area contributed by atoms with E-state index in [1.807, 2.05) is 11.8 Å². The Balaban J connectivity index is 1.85. The lowest BCUT2D eigenvalue weighted by molar-refractivity contribution is -0.140. The predicted octanol–water partition coefficient (Wildman–Crippen LogP) is 2.08. The third-order valence-electron chi connectivity index (χ3n) is 4.15. The number of hydrogen-bond donors (Lipinski definition) is 2. The molecule has 0 bridgehead atoms. The van der Waals surface area contributed by atoms with E-state index in [1.54, 1.807) is 0 Å². The molecule has 2 saturated carbocycles. The Hall–Kier alpha value is -0.220. The summed E-state index contributed by atoms with van der Waals surface area (Å²) in [6.07, 6.45) is 9.94. The molecule has 1 amide bonds. The SMILES string of the molecule is CSC1CCCC(NC(=O)C2(O)CCCC2)C1. The van der Waals surface area contributed by atoms with Crippen LogP contribution in [-0.4, -0.2) is 34.2 Å². The zero-order chi connectivity index (χ0) is 12.3. The van der Waals surface area contributed by atoms with Gasteiger partial charge >= 0.3 is 0 Å². The van der Waals surface area contributed by atoms with Crippen molar-refractivity contribution in [1.82, 2.24) is 5.32 Å². The van der Waals surface area contributed by atoms with E-state index in [0.29, 0.717) is 18.1 Å². The molecule has 0 aromatic heterocycles. The molecule has 2 aliphatic rings. The van der Waals surface area contributed by atoms with E-state index in [9.17, 15) is 9.90 Å². The molecule has 0 aromatic rings. The van der Waals surface area contributed by atoms with Crippen molar-refractivity contribution in [3.8, 4) is 0 Å². The average Bonchev–Trinajstić information content (AvgIpc) is 2.78. The summed E-state index contributed by atoms with van der Waals surface area (Å²) in [4.78, 5) is 12.1. The summed E-state index contributed by atoms with van der Waals surface area (Å²) in [7, 11) is 0. The van der Waals surface area contributed by atoms with Crippen molar-refractivity contribution in [2.75, 3.05) is 6.26 Å². The fourth-order valence-electron chi connectivity index (χ4n) is 3.00. The molecule has 2 N–H and O–H groups in total. The van der Waals surface area contributed by atoms with Crippen LogP contribution in [0.25, 0.3) is 0 Å². The van der Waals surface area contributed by atoms with Gasteiger partial charge in [-0.15, -0.1) is 0 Å². The average molecular weight is 257 g/mol. The van der Waals surface area contributed by atoms with Crippen LogP contribution in [0.3, 0.4) is 0 Å². The van der Waals surface area contributed by atoms with Crippen molar-refractivity contribution in [3.63, 3.8) is 0 Å². The van der Waals surface area contributed by atoms with Crippen LogP contribution in [-0.2, 0) is 4.79 Å². The Morgan fingerprint density at radius 1 is 1.29 bits per heavy atom. The van der Waals surface area contributed by atoms with Gasteiger partial charge in [-0.25, -0.2) is 0 Å². The van der Waals surface area contributed by atoms with Gasteiger partial charge in [0.05, 0.1) is 0 Å². The first-order valence-corrected chi connectivity index (χ1v) is 7.99. The van der Waals surface area contributed by atoms with Gasteiger partial charge in [0.25, 0.3) is 5.91 Å². The Bertz CT molecular complexity index is 277. The molecule has 2 rings (SSSR count). The number of carbonyl (C=O) groups excluding carboxylic acids is 1. The highest BCUT2D eigenvalue weighted by molar-refractivity contribution is 7.99. The molecule has 3 nitrogen and oxygen atoms in total. The monoisotopic (exact) mass is 257 g/mol. The van der Waals surface area contributed by atoms with Crippen LogP contribution in [0.4, 0.5) is 0 Å². The van der Waals surface area contributed by atoms with E-state index in [0.717, 1.165) is 25.7 Å². The second-order valence-electron chi connectivity index (χ2n) is 5.43. The summed E-state index contributed by atoms with van der Waals surface area (Å²) < 4.78 is 0. The second-order valence-corrected chi connectivity index (χ2v) is 6.57. The van der Waals surface area contributed by atoms with Crippen molar-refractivity contribution in [1.29, 1.82) is 0 Å². The van der Waals surface area contributed by atoms with Crippen molar-refractivity contribution < 1.29 is 9.90 Å². The summed E-state index contributed by atoms with van der Waals surface area (Å²) in [5, 5.41) is 13.9.